The van der Waals surface area contributed by atoms with Crippen LogP contribution in [-0.2, 0) is 0 Å². The molecule has 0 saturated carbocycles. The quantitative estimate of drug-likeness (QED) is 0.155. The van der Waals surface area contributed by atoms with Crippen molar-refractivity contribution < 1.29 is 0 Å². The van der Waals surface area contributed by atoms with Crippen molar-refractivity contribution in [1.29, 1.82) is 0 Å². The van der Waals surface area contributed by atoms with Gasteiger partial charge < -0.3 is 9.80 Å². The largest absolute Gasteiger partial charge is 0.309 e. The molecule has 304 valence electrons. The molecule has 0 N–H and O–H groups in total. The van der Waals surface area contributed by atoms with Gasteiger partial charge in [-0.3, -0.25) is 0 Å². The molecule has 2 nitrogen and oxygen atoms in total. The van der Waals surface area contributed by atoms with Crippen LogP contribution in [0.25, 0.3) is 32.3 Å². The molecule has 0 atom stereocenters. The smallest absolute Gasteiger partial charge is 0.0546 e. The summed E-state index contributed by atoms with van der Waals surface area (Å²) in [6.45, 7) is 36.5. The zero-order valence-corrected chi connectivity index (χ0v) is 39.0. The average Bonchev–Trinajstić information content (AvgIpc) is 3.24. The van der Waals surface area contributed by atoms with Crippen molar-refractivity contribution in [2.45, 2.75) is 111 Å². The van der Waals surface area contributed by atoms with Gasteiger partial charge in [-0.15, -0.1) is 0 Å². The lowest BCUT2D eigenvalue weighted by Gasteiger charge is -2.34. The standard InChI is InChI=1S/C58H62N2/c1-31-25-53(43(13)39(9)35(31)5)59(54-26-32(2)36(6)40(10)44(54)14)57-29-51-48-22-18-20-24-50(48)58(30-52(51)47-21-17-19-23-49(47)57)60(55-27-33(3)37(7)41(11)45(55)15)56-28-34(4)38(8)42(12)46(56)16/h17-30H,1-16H3. The molecule has 0 fully saturated rings. The monoisotopic (exact) mass is 786 g/mol. The summed E-state index contributed by atoms with van der Waals surface area (Å²) in [5.74, 6) is 0. The Morgan fingerprint density at radius 3 is 0.700 bits per heavy atom. The molecule has 2 heteroatoms. The highest BCUT2D eigenvalue weighted by Gasteiger charge is 2.27. The maximum absolute atomic E-state index is 2.59. The van der Waals surface area contributed by atoms with E-state index in [1.54, 1.807) is 0 Å². The topological polar surface area (TPSA) is 6.48 Å². The van der Waals surface area contributed by atoms with Crippen LogP contribution in [0.3, 0.4) is 0 Å². The van der Waals surface area contributed by atoms with E-state index in [1.807, 2.05) is 0 Å². The first-order valence-electron chi connectivity index (χ1n) is 21.7. The second-order valence-corrected chi connectivity index (χ2v) is 18.0. The Morgan fingerprint density at radius 2 is 0.450 bits per heavy atom. The van der Waals surface area contributed by atoms with Crippen LogP contribution in [-0.4, -0.2) is 0 Å². The van der Waals surface area contributed by atoms with Crippen LogP contribution in [0.4, 0.5) is 34.1 Å². The lowest BCUT2D eigenvalue weighted by molar-refractivity contribution is 1.14. The Hall–Kier alpha value is -5.86. The van der Waals surface area contributed by atoms with E-state index in [1.165, 1.54) is 155 Å². The number of benzene rings is 8. The Labute approximate surface area is 359 Å². The molecule has 8 rings (SSSR count). The van der Waals surface area contributed by atoms with Crippen molar-refractivity contribution >= 4 is 66.4 Å². The van der Waals surface area contributed by atoms with Gasteiger partial charge in [0.1, 0.15) is 0 Å². The van der Waals surface area contributed by atoms with Gasteiger partial charge >= 0.3 is 0 Å². The third kappa shape index (κ3) is 6.21. The molecule has 0 spiro atoms. The molecule has 0 amide bonds. The summed E-state index contributed by atoms with van der Waals surface area (Å²) < 4.78 is 0. The van der Waals surface area contributed by atoms with Crippen LogP contribution < -0.4 is 9.80 Å². The Balaban J connectivity index is 1.55. The molecular weight excluding hydrogens is 725 g/mol. The second-order valence-electron chi connectivity index (χ2n) is 18.0. The van der Waals surface area contributed by atoms with E-state index in [0.717, 1.165) is 0 Å². The van der Waals surface area contributed by atoms with Crippen molar-refractivity contribution in [1.82, 2.24) is 0 Å². The van der Waals surface area contributed by atoms with Crippen molar-refractivity contribution in [3.63, 3.8) is 0 Å². The van der Waals surface area contributed by atoms with E-state index in [-0.39, 0.29) is 0 Å². The minimum absolute atomic E-state index is 1.20. The van der Waals surface area contributed by atoms with E-state index in [9.17, 15) is 0 Å². The van der Waals surface area contributed by atoms with Gasteiger partial charge in [-0.2, -0.15) is 0 Å². The summed E-state index contributed by atoms with van der Waals surface area (Å²) in [4.78, 5) is 5.17. The minimum atomic E-state index is 1.20. The van der Waals surface area contributed by atoms with Crippen LogP contribution in [0.1, 0.15) is 89.0 Å². The first kappa shape index (κ1) is 40.9. The third-order valence-electron chi connectivity index (χ3n) is 15.1. The van der Waals surface area contributed by atoms with Gasteiger partial charge in [-0.1, -0.05) is 48.5 Å². The Bertz CT molecular complexity index is 2770. The number of nitrogens with zero attached hydrogens (tertiary/aromatic N) is 2. The van der Waals surface area contributed by atoms with Crippen molar-refractivity contribution in [2.24, 2.45) is 0 Å². The highest BCUT2D eigenvalue weighted by Crippen LogP contribution is 2.51. The number of hydrogen-bond acceptors (Lipinski definition) is 2. The highest BCUT2D eigenvalue weighted by atomic mass is 15.2. The normalized spacial score (nSPS) is 11.7. The molecule has 0 unspecified atom stereocenters. The summed E-state index contributed by atoms with van der Waals surface area (Å²) in [6, 6.07) is 32.9. The van der Waals surface area contributed by atoms with Gasteiger partial charge in [-0.25, -0.2) is 0 Å². The number of anilines is 6. The van der Waals surface area contributed by atoms with Crippen LogP contribution in [0.5, 0.6) is 0 Å². The van der Waals surface area contributed by atoms with Crippen molar-refractivity contribution in [3.8, 4) is 0 Å². The predicted molar refractivity (Wildman–Crippen MR) is 264 cm³/mol. The van der Waals surface area contributed by atoms with Gasteiger partial charge in [0.05, 0.1) is 11.4 Å². The van der Waals surface area contributed by atoms with Gasteiger partial charge in [-0.05, 0) is 258 Å². The maximum atomic E-state index is 2.59. The lowest BCUT2D eigenvalue weighted by Crippen LogP contribution is -2.17. The zero-order valence-electron chi connectivity index (χ0n) is 39.0. The molecule has 0 bridgehead atoms. The van der Waals surface area contributed by atoms with Crippen LogP contribution >= 0.6 is 0 Å². The summed E-state index contributed by atoms with van der Waals surface area (Å²) in [6.07, 6.45) is 0. The third-order valence-corrected chi connectivity index (χ3v) is 15.1. The maximum Gasteiger partial charge on any atom is 0.0546 e. The second kappa shape index (κ2) is 15.0. The minimum Gasteiger partial charge on any atom is -0.309 e. The molecule has 0 heterocycles. The van der Waals surface area contributed by atoms with E-state index in [2.05, 4.69) is 206 Å². The Kier molecular flexibility index (Phi) is 10.2. The molecule has 0 aliphatic rings. The molecule has 0 aliphatic carbocycles. The number of rotatable bonds is 6. The summed E-state index contributed by atoms with van der Waals surface area (Å²) in [5, 5.41) is 7.48. The molecular formula is C58H62N2. The van der Waals surface area contributed by atoms with Gasteiger partial charge in [0.15, 0.2) is 0 Å². The molecule has 0 saturated heterocycles. The fraction of sp³-hybridized carbons (Fsp3) is 0.276. The van der Waals surface area contributed by atoms with E-state index in [4.69, 9.17) is 0 Å². The first-order chi connectivity index (χ1) is 28.4. The first-order valence-corrected chi connectivity index (χ1v) is 21.7. The number of fused-ring (bicyclic) bond motifs is 5. The molecule has 0 radical (unpaired) electrons. The number of hydrogen-bond donors (Lipinski definition) is 0. The molecule has 0 aromatic heterocycles. The number of aryl methyl sites for hydroxylation is 4. The van der Waals surface area contributed by atoms with Crippen molar-refractivity contribution in [2.75, 3.05) is 9.80 Å². The lowest BCUT2D eigenvalue weighted by atomic mass is 9.90. The summed E-state index contributed by atoms with van der Waals surface area (Å²) in [5.41, 5.74) is 28.7. The van der Waals surface area contributed by atoms with Crippen molar-refractivity contribution in [3.05, 3.63) is 174 Å². The summed E-state index contributed by atoms with van der Waals surface area (Å²) >= 11 is 0. The fourth-order valence-corrected chi connectivity index (χ4v) is 9.75. The van der Waals surface area contributed by atoms with Crippen LogP contribution in [0.15, 0.2) is 84.9 Å². The van der Waals surface area contributed by atoms with Gasteiger partial charge in [0, 0.05) is 33.5 Å². The van der Waals surface area contributed by atoms with E-state index < -0.39 is 0 Å². The zero-order chi connectivity index (χ0) is 43.2. The molecule has 0 aliphatic heterocycles. The molecule has 8 aromatic carbocycles. The molecule has 60 heavy (non-hydrogen) atoms. The summed E-state index contributed by atoms with van der Waals surface area (Å²) in [7, 11) is 0. The van der Waals surface area contributed by atoms with Crippen LogP contribution in [0.2, 0.25) is 0 Å². The fourth-order valence-electron chi connectivity index (χ4n) is 9.75. The average molecular weight is 787 g/mol. The molecule has 8 aromatic rings. The van der Waals surface area contributed by atoms with E-state index >= 15 is 0 Å². The highest BCUT2D eigenvalue weighted by molar-refractivity contribution is 6.24. The Morgan fingerprint density at radius 1 is 0.217 bits per heavy atom. The predicted octanol–water partition coefficient (Wildman–Crippen LogP) is 17.0. The van der Waals surface area contributed by atoms with Gasteiger partial charge in [0.2, 0.25) is 0 Å². The van der Waals surface area contributed by atoms with Crippen LogP contribution in [0, 0.1) is 111 Å². The van der Waals surface area contributed by atoms with E-state index in [0.29, 0.717) is 0 Å². The SMILES string of the molecule is Cc1cc(N(c2cc(C)c(C)c(C)c2C)c2cc3c4ccccc4c(N(c4cc(C)c(C)c(C)c4C)c4cc(C)c(C)c(C)c4C)cc3c3ccccc23)c(C)c(C)c1C. The van der Waals surface area contributed by atoms with Gasteiger partial charge in [0.25, 0.3) is 0 Å².